The summed E-state index contributed by atoms with van der Waals surface area (Å²) in [7, 11) is 1.62. The lowest BCUT2D eigenvalue weighted by Gasteiger charge is -2.14. The van der Waals surface area contributed by atoms with Crippen LogP contribution in [0.1, 0.15) is 35.5 Å². The third kappa shape index (κ3) is 5.57. The molecule has 2 aromatic rings. The number of rotatable bonds is 8. The van der Waals surface area contributed by atoms with Gasteiger partial charge in [-0.25, -0.2) is 4.39 Å². The number of nitrogens with zero attached hydrogens (tertiary/aromatic N) is 1. The summed E-state index contributed by atoms with van der Waals surface area (Å²) in [6, 6.07) is 6.29. The van der Waals surface area contributed by atoms with Crippen LogP contribution < -0.4 is 16.5 Å². The Morgan fingerprint density at radius 3 is 2.59 bits per heavy atom. The largest absolute Gasteiger partial charge is 0.394 e. The van der Waals surface area contributed by atoms with Crippen molar-refractivity contribution in [2.24, 2.45) is 12.8 Å². The smallest absolute Gasteiger partial charge is 0.265 e. The van der Waals surface area contributed by atoms with Crippen molar-refractivity contribution in [2.75, 3.05) is 18.5 Å². The highest BCUT2D eigenvalue weighted by atomic mass is 19.1. The number of nitrogens with one attached hydrogen (secondary N) is 2. The van der Waals surface area contributed by atoms with Crippen LogP contribution in [0.5, 0.6) is 0 Å². The molecule has 0 saturated carbocycles. The van der Waals surface area contributed by atoms with Gasteiger partial charge >= 0.3 is 0 Å². The van der Waals surface area contributed by atoms with Gasteiger partial charge in [0.1, 0.15) is 17.3 Å². The SMILES string of the molecule is C=C(NOCCO)c1cc(C(N)=O)n(C)c1Nc1ccc(C)cc1F.CC. The lowest BCUT2D eigenvalue weighted by molar-refractivity contribution is 0.0482. The van der Waals surface area contributed by atoms with Crippen molar-refractivity contribution in [3.8, 4) is 0 Å². The number of hydrogen-bond acceptors (Lipinski definition) is 5. The topological polar surface area (TPSA) is 102 Å². The zero-order valence-corrected chi connectivity index (χ0v) is 16.1. The number of anilines is 2. The number of halogens is 1. The van der Waals surface area contributed by atoms with Gasteiger partial charge in [-0.3, -0.25) is 15.1 Å². The fourth-order valence-corrected chi connectivity index (χ4v) is 2.31. The molecule has 0 fully saturated rings. The molecule has 7 nitrogen and oxygen atoms in total. The first-order chi connectivity index (χ1) is 12.8. The van der Waals surface area contributed by atoms with Crippen molar-refractivity contribution in [1.82, 2.24) is 10.0 Å². The first kappa shape index (κ1) is 22.2. The minimum absolute atomic E-state index is 0.0594. The van der Waals surface area contributed by atoms with Crippen molar-refractivity contribution >= 4 is 23.1 Å². The molecule has 0 radical (unpaired) electrons. The molecular weight excluding hydrogens is 351 g/mol. The molecule has 0 aliphatic carbocycles. The molecule has 1 amide bonds. The van der Waals surface area contributed by atoms with E-state index in [1.807, 2.05) is 13.8 Å². The number of aliphatic hydroxyl groups is 1. The van der Waals surface area contributed by atoms with E-state index in [9.17, 15) is 9.18 Å². The van der Waals surface area contributed by atoms with E-state index in [4.69, 9.17) is 15.7 Å². The average Bonchev–Trinajstić information content (AvgIpc) is 2.96. The van der Waals surface area contributed by atoms with Gasteiger partial charge in [0.15, 0.2) is 0 Å². The van der Waals surface area contributed by atoms with Gasteiger partial charge in [0.05, 0.1) is 24.6 Å². The van der Waals surface area contributed by atoms with Gasteiger partial charge in [-0.15, -0.1) is 0 Å². The third-order valence-electron chi connectivity index (χ3n) is 3.58. The average molecular weight is 378 g/mol. The van der Waals surface area contributed by atoms with E-state index in [1.54, 1.807) is 26.1 Å². The first-order valence-electron chi connectivity index (χ1n) is 8.55. The number of hydroxylamine groups is 1. The van der Waals surface area contributed by atoms with Crippen LogP contribution in [0.4, 0.5) is 15.9 Å². The van der Waals surface area contributed by atoms with Crippen LogP contribution in [0.25, 0.3) is 5.70 Å². The predicted molar refractivity (Wildman–Crippen MR) is 105 cm³/mol. The molecule has 8 heteroatoms. The molecule has 0 aliphatic rings. The minimum Gasteiger partial charge on any atom is -0.394 e. The van der Waals surface area contributed by atoms with Gasteiger partial charge in [-0.05, 0) is 30.7 Å². The molecule has 1 heterocycles. The van der Waals surface area contributed by atoms with Crippen molar-refractivity contribution < 1.29 is 19.1 Å². The summed E-state index contributed by atoms with van der Waals surface area (Å²) < 4.78 is 15.7. The Morgan fingerprint density at radius 2 is 2.04 bits per heavy atom. The molecule has 5 N–H and O–H groups in total. The Kier molecular flexibility index (Phi) is 8.50. The number of primary amides is 1. The van der Waals surface area contributed by atoms with E-state index in [-0.39, 0.29) is 24.6 Å². The second-order valence-electron chi connectivity index (χ2n) is 5.48. The summed E-state index contributed by atoms with van der Waals surface area (Å²) in [4.78, 5) is 16.6. The molecule has 27 heavy (non-hydrogen) atoms. The normalized spacial score (nSPS) is 10.0. The second kappa shape index (κ2) is 10.3. The highest BCUT2D eigenvalue weighted by Gasteiger charge is 2.19. The zero-order chi connectivity index (χ0) is 20.6. The van der Waals surface area contributed by atoms with E-state index < -0.39 is 11.7 Å². The van der Waals surface area contributed by atoms with Gasteiger partial charge in [0, 0.05) is 12.6 Å². The van der Waals surface area contributed by atoms with Gasteiger partial charge in [0.2, 0.25) is 0 Å². The number of carbonyl (C=O) groups is 1. The van der Waals surface area contributed by atoms with Gasteiger partial charge in [-0.2, -0.15) is 0 Å². The van der Waals surface area contributed by atoms with E-state index in [0.717, 1.165) is 5.56 Å². The Hall–Kier alpha value is -2.84. The summed E-state index contributed by atoms with van der Waals surface area (Å²) >= 11 is 0. The fraction of sp³-hybridized carbons (Fsp3) is 0.316. The lowest BCUT2D eigenvalue weighted by Crippen LogP contribution is -2.16. The summed E-state index contributed by atoms with van der Waals surface area (Å²) in [5, 5.41) is 11.7. The van der Waals surface area contributed by atoms with Gasteiger partial charge in [0.25, 0.3) is 5.91 Å². The molecule has 2 rings (SSSR count). The highest BCUT2D eigenvalue weighted by molar-refractivity contribution is 5.94. The molecule has 1 aromatic carbocycles. The number of benzene rings is 1. The lowest BCUT2D eigenvalue weighted by atomic mass is 10.2. The van der Waals surface area contributed by atoms with Gasteiger partial charge < -0.3 is 20.7 Å². The molecule has 0 aliphatic heterocycles. The molecule has 0 unspecified atom stereocenters. The van der Waals surface area contributed by atoms with Crippen molar-refractivity contribution in [3.05, 3.63) is 53.5 Å². The number of nitrogens with two attached hydrogens (primary N) is 1. The number of carbonyl (C=O) groups excluding carboxylic acids is 1. The quantitative estimate of drug-likeness (QED) is 0.418. The number of aromatic nitrogens is 1. The Balaban J connectivity index is 0.00000176. The number of hydrogen-bond donors (Lipinski definition) is 4. The van der Waals surface area contributed by atoms with E-state index in [1.165, 1.54) is 16.7 Å². The van der Waals surface area contributed by atoms with E-state index in [0.29, 0.717) is 17.1 Å². The van der Waals surface area contributed by atoms with Crippen molar-refractivity contribution in [2.45, 2.75) is 20.8 Å². The zero-order valence-electron chi connectivity index (χ0n) is 16.1. The molecule has 0 saturated heterocycles. The van der Waals surface area contributed by atoms with Crippen LogP contribution in [0.2, 0.25) is 0 Å². The van der Waals surface area contributed by atoms with Crippen LogP contribution in [0, 0.1) is 12.7 Å². The Labute approximate surface area is 158 Å². The fourth-order valence-electron chi connectivity index (χ4n) is 2.31. The Bertz CT molecular complexity index is 802. The monoisotopic (exact) mass is 378 g/mol. The summed E-state index contributed by atoms with van der Waals surface area (Å²) in [5.74, 6) is -0.644. The highest BCUT2D eigenvalue weighted by Crippen LogP contribution is 2.29. The number of aryl methyl sites for hydroxylation is 1. The van der Waals surface area contributed by atoms with Crippen LogP contribution in [-0.4, -0.2) is 28.8 Å². The number of aliphatic hydroxyl groups excluding tert-OH is 1. The maximum Gasteiger partial charge on any atom is 0.265 e. The molecule has 0 atom stereocenters. The van der Waals surface area contributed by atoms with Crippen molar-refractivity contribution in [1.29, 1.82) is 0 Å². The number of amides is 1. The molecule has 148 valence electrons. The molecule has 1 aromatic heterocycles. The summed E-state index contributed by atoms with van der Waals surface area (Å²) in [6.45, 7) is 9.51. The first-order valence-corrected chi connectivity index (χ1v) is 8.55. The maximum atomic E-state index is 14.2. The van der Waals surface area contributed by atoms with Gasteiger partial charge in [-0.1, -0.05) is 26.5 Å². The van der Waals surface area contributed by atoms with Crippen LogP contribution >= 0.6 is 0 Å². The van der Waals surface area contributed by atoms with Crippen LogP contribution in [0.15, 0.2) is 30.8 Å². The van der Waals surface area contributed by atoms with Crippen LogP contribution in [0.3, 0.4) is 0 Å². The summed E-state index contributed by atoms with van der Waals surface area (Å²) in [5.41, 5.74) is 10.0. The maximum absolute atomic E-state index is 14.2. The summed E-state index contributed by atoms with van der Waals surface area (Å²) in [6.07, 6.45) is 0. The third-order valence-corrected chi connectivity index (χ3v) is 3.58. The molecular formula is C19H27FN4O3. The Morgan fingerprint density at radius 1 is 1.37 bits per heavy atom. The van der Waals surface area contributed by atoms with E-state index in [2.05, 4.69) is 17.4 Å². The molecule has 0 spiro atoms. The predicted octanol–water partition coefficient (Wildman–Crippen LogP) is 2.83. The second-order valence-corrected chi connectivity index (χ2v) is 5.48. The minimum atomic E-state index is -0.634. The van der Waals surface area contributed by atoms with Crippen molar-refractivity contribution in [3.63, 3.8) is 0 Å². The standard InChI is InChI=1S/C17H21FN4O3.C2H6/c1-10-4-5-14(13(18)8-10)20-17-12(11(2)21-25-7-6-23)9-15(16(19)24)22(17)3;1-2/h4-5,8-9,20-21,23H,2,6-7H2,1,3H3,(H2,19,24);1-2H3. The molecule has 0 bridgehead atoms. The van der Waals surface area contributed by atoms with E-state index >= 15 is 0 Å². The van der Waals surface area contributed by atoms with Crippen LogP contribution in [-0.2, 0) is 11.9 Å².